The van der Waals surface area contributed by atoms with Gasteiger partial charge >= 0.3 is 0 Å². The Balaban J connectivity index is 3.63. The molecule has 2 nitrogen and oxygen atoms in total. The van der Waals surface area contributed by atoms with Gasteiger partial charge in [-0.05, 0) is 41.4 Å². The second kappa shape index (κ2) is 6.92. The SMILES string of the molecule is CCN(C=O)c1c(C(C)C)cc(C(C)C)cc1C(C)C. The average Bonchev–Trinajstić information content (AvgIpc) is 2.39. The number of carbonyl (C=O) groups excluding carboxylic acids is 1. The normalized spacial score (nSPS) is 11.5. The summed E-state index contributed by atoms with van der Waals surface area (Å²) in [6, 6.07) is 4.56. The molecule has 0 bridgehead atoms. The van der Waals surface area contributed by atoms with Crippen LogP contribution < -0.4 is 4.90 Å². The predicted octanol–water partition coefficient (Wildman–Crippen LogP) is 5.04. The van der Waals surface area contributed by atoms with Crippen LogP contribution in [-0.2, 0) is 4.79 Å². The smallest absolute Gasteiger partial charge is 0.214 e. The Morgan fingerprint density at radius 1 is 0.950 bits per heavy atom. The Labute approximate surface area is 124 Å². The highest BCUT2D eigenvalue weighted by Gasteiger charge is 2.20. The van der Waals surface area contributed by atoms with Crippen molar-refractivity contribution in [3.63, 3.8) is 0 Å². The molecule has 0 saturated heterocycles. The van der Waals surface area contributed by atoms with Gasteiger partial charge in [0.1, 0.15) is 0 Å². The molecule has 112 valence electrons. The molecule has 0 spiro atoms. The third-order valence-corrected chi connectivity index (χ3v) is 3.86. The van der Waals surface area contributed by atoms with E-state index in [0.29, 0.717) is 24.3 Å². The van der Waals surface area contributed by atoms with Gasteiger partial charge in [0.2, 0.25) is 6.41 Å². The minimum Gasteiger partial charge on any atom is -0.315 e. The molecule has 0 N–H and O–H groups in total. The maximum absolute atomic E-state index is 11.4. The predicted molar refractivity (Wildman–Crippen MR) is 87.8 cm³/mol. The van der Waals surface area contributed by atoms with Crippen molar-refractivity contribution < 1.29 is 4.79 Å². The van der Waals surface area contributed by atoms with Gasteiger partial charge in [-0.3, -0.25) is 4.79 Å². The van der Waals surface area contributed by atoms with Crippen molar-refractivity contribution in [2.45, 2.75) is 66.2 Å². The number of amides is 1. The van der Waals surface area contributed by atoms with Gasteiger partial charge in [0.25, 0.3) is 0 Å². The van der Waals surface area contributed by atoms with Gasteiger partial charge in [-0.15, -0.1) is 0 Å². The van der Waals surface area contributed by atoms with E-state index >= 15 is 0 Å². The van der Waals surface area contributed by atoms with Gasteiger partial charge in [-0.2, -0.15) is 0 Å². The fraction of sp³-hybridized carbons (Fsp3) is 0.611. The Hall–Kier alpha value is -1.31. The van der Waals surface area contributed by atoms with Gasteiger partial charge in [-0.25, -0.2) is 0 Å². The topological polar surface area (TPSA) is 20.3 Å². The molecular weight excluding hydrogens is 246 g/mol. The van der Waals surface area contributed by atoms with Crippen LogP contribution in [0.15, 0.2) is 12.1 Å². The maximum atomic E-state index is 11.4. The van der Waals surface area contributed by atoms with Crippen molar-refractivity contribution in [2.75, 3.05) is 11.4 Å². The molecule has 0 radical (unpaired) electrons. The van der Waals surface area contributed by atoms with E-state index in [9.17, 15) is 4.79 Å². The first kappa shape index (κ1) is 16.7. The summed E-state index contributed by atoms with van der Waals surface area (Å²) in [6.07, 6.45) is 0.960. The third kappa shape index (κ3) is 3.41. The van der Waals surface area contributed by atoms with E-state index in [1.54, 1.807) is 0 Å². The molecular formula is C18H29NO. The molecule has 1 rings (SSSR count). The number of carbonyl (C=O) groups is 1. The van der Waals surface area contributed by atoms with Crippen LogP contribution >= 0.6 is 0 Å². The molecule has 0 aliphatic heterocycles. The summed E-state index contributed by atoms with van der Waals surface area (Å²) < 4.78 is 0. The van der Waals surface area contributed by atoms with E-state index in [4.69, 9.17) is 0 Å². The minimum absolute atomic E-state index is 0.412. The molecule has 0 aliphatic rings. The van der Waals surface area contributed by atoms with Crippen molar-refractivity contribution in [3.05, 3.63) is 28.8 Å². The van der Waals surface area contributed by atoms with Crippen molar-refractivity contribution in [3.8, 4) is 0 Å². The van der Waals surface area contributed by atoms with E-state index in [2.05, 4.69) is 53.7 Å². The first-order valence-electron chi connectivity index (χ1n) is 7.73. The summed E-state index contributed by atoms with van der Waals surface area (Å²) >= 11 is 0. The third-order valence-electron chi connectivity index (χ3n) is 3.86. The van der Waals surface area contributed by atoms with Crippen LogP contribution in [0.4, 0.5) is 5.69 Å². The molecule has 0 atom stereocenters. The summed E-state index contributed by atoms with van der Waals surface area (Å²) in [5.74, 6) is 1.33. The largest absolute Gasteiger partial charge is 0.315 e. The monoisotopic (exact) mass is 275 g/mol. The number of rotatable bonds is 6. The maximum Gasteiger partial charge on any atom is 0.214 e. The lowest BCUT2D eigenvalue weighted by molar-refractivity contribution is -0.107. The molecule has 1 aromatic rings. The molecule has 0 heterocycles. The molecule has 0 saturated carbocycles. The summed E-state index contributed by atoms with van der Waals surface area (Å²) in [6.45, 7) is 16.0. The van der Waals surface area contributed by atoms with Crippen molar-refractivity contribution >= 4 is 12.1 Å². The molecule has 0 aliphatic carbocycles. The first-order valence-corrected chi connectivity index (χ1v) is 7.73. The highest BCUT2D eigenvalue weighted by Crippen LogP contribution is 2.37. The molecule has 0 aromatic heterocycles. The fourth-order valence-electron chi connectivity index (χ4n) is 2.53. The van der Waals surface area contributed by atoms with Gasteiger partial charge in [0, 0.05) is 6.54 Å². The minimum atomic E-state index is 0.412. The van der Waals surface area contributed by atoms with Crippen molar-refractivity contribution in [1.29, 1.82) is 0 Å². The number of benzene rings is 1. The average molecular weight is 275 g/mol. The lowest BCUT2D eigenvalue weighted by Gasteiger charge is -2.28. The Morgan fingerprint density at radius 2 is 1.40 bits per heavy atom. The lowest BCUT2D eigenvalue weighted by atomic mass is 9.87. The number of hydrogen-bond acceptors (Lipinski definition) is 1. The number of nitrogens with zero attached hydrogens (tertiary/aromatic N) is 1. The molecule has 20 heavy (non-hydrogen) atoms. The number of hydrogen-bond donors (Lipinski definition) is 0. The molecule has 1 amide bonds. The van der Waals surface area contributed by atoms with E-state index in [1.165, 1.54) is 16.7 Å². The number of anilines is 1. The van der Waals surface area contributed by atoms with Gasteiger partial charge in [-0.1, -0.05) is 53.7 Å². The van der Waals surface area contributed by atoms with Crippen molar-refractivity contribution in [1.82, 2.24) is 0 Å². The zero-order valence-corrected chi connectivity index (χ0v) is 14.0. The van der Waals surface area contributed by atoms with E-state index in [1.807, 2.05) is 11.8 Å². The second-order valence-corrected chi connectivity index (χ2v) is 6.40. The van der Waals surface area contributed by atoms with Gasteiger partial charge in [0.15, 0.2) is 0 Å². The van der Waals surface area contributed by atoms with Crippen LogP contribution in [0.3, 0.4) is 0 Å². The zero-order chi connectivity index (χ0) is 15.4. The van der Waals surface area contributed by atoms with Crippen LogP contribution in [-0.4, -0.2) is 13.0 Å². The van der Waals surface area contributed by atoms with Crippen LogP contribution in [0, 0.1) is 0 Å². The highest BCUT2D eigenvalue weighted by atomic mass is 16.1. The Kier molecular flexibility index (Phi) is 5.79. The van der Waals surface area contributed by atoms with Crippen LogP contribution in [0.25, 0.3) is 0 Å². The molecule has 1 aromatic carbocycles. The Morgan fingerprint density at radius 3 is 1.65 bits per heavy atom. The van der Waals surface area contributed by atoms with Crippen LogP contribution in [0.2, 0.25) is 0 Å². The molecule has 2 heteroatoms. The fourth-order valence-corrected chi connectivity index (χ4v) is 2.53. The molecule has 0 unspecified atom stereocenters. The standard InChI is InChI=1S/C18H29NO/c1-8-19(11-20)18-16(13(4)5)9-15(12(2)3)10-17(18)14(6)7/h9-14H,8H2,1-7H3. The highest BCUT2D eigenvalue weighted by molar-refractivity contribution is 5.80. The van der Waals surface area contributed by atoms with E-state index in [0.717, 1.165) is 12.1 Å². The van der Waals surface area contributed by atoms with Crippen LogP contribution in [0.1, 0.15) is 82.9 Å². The van der Waals surface area contributed by atoms with Gasteiger partial charge < -0.3 is 4.90 Å². The van der Waals surface area contributed by atoms with E-state index < -0.39 is 0 Å². The zero-order valence-electron chi connectivity index (χ0n) is 14.0. The lowest BCUT2D eigenvalue weighted by Crippen LogP contribution is -2.24. The summed E-state index contributed by atoms with van der Waals surface area (Å²) in [5, 5.41) is 0. The second-order valence-electron chi connectivity index (χ2n) is 6.40. The quantitative estimate of drug-likeness (QED) is 0.666. The Bertz CT molecular complexity index is 431. The molecule has 0 fully saturated rings. The van der Waals surface area contributed by atoms with Gasteiger partial charge in [0.05, 0.1) is 5.69 Å². The summed E-state index contributed by atoms with van der Waals surface area (Å²) in [7, 11) is 0. The van der Waals surface area contributed by atoms with E-state index in [-0.39, 0.29) is 0 Å². The summed E-state index contributed by atoms with van der Waals surface area (Å²) in [4.78, 5) is 13.3. The summed E-state index contributed by atoms with van der Waals surface area (Å²) in [5.41, 5.74) is 5.06. The first-order chi connectivity index (χ1) is 9.33. The van der Waals surface area contributed by atoms with Crippen molar-refractivity contribution in [2.24, 2.45) is 0 Å². The van der Waals surface area contributed by atoms with Crippen LogP contribution in [0.5, 0.6) is 0 Å².